The van der Waals surface area contributed by atoms with Gasteiger partial charge in [-0.15, -0.1) is 0 Å². The van der Waals surface area contributed by atoms with E-state index in [2.05, 4.69) is 23.6 Å². The van der Waals surface area contributed by atoms with E-state index in [1.54, 1.807) is 6.26 Å². The fourth-order valence-corrected chi connectivity index (χ4v) is 8.26. The number of aliphatic carboxylic acids is 1. The minimum absolute atomic E-state index is 0.0602. The average Bonchev–Trinajstić information content (AvgIpc) is 3.56. The molecule has 3 aliphatic heterocycles. The Hall–Kier alpha value is -3.28. The lowest BCUT2D eigenvalue weighted by Crippen LogP contribution is -2.63. The number of carbonyl (C=O) groups is 3. The van der Waals surface area contributed by atoms with Crippen molar-refractivity contribution >= 4 is 28.9 Å². The van der Waals surface area contributed by atoms with Crippen LogP contribution in [0.1, 0.15) is 101 Å². The van der Waals surface area contributed by atoms with Gasteiger partial charge in [0.05, 0.1) is 11.8 Å². The van der Waals surface area contributed by atoms with Gasteiger partial charge in [-0.2, -0.15) is 13.2 Å². The smallest absolute Gasteiger partial charge is 0.475 e. The SMILES string of the molecule is CCCCC1CN(CC2CCCCC2)C(=O)OC12CCN(C1(C)CCN(C(=O)c3cccc4occc34)CC1)CC2.O=C(O)C(F)(F)F. The Morgan fingerprint density at radius 1 is 1.00 bits per heavy atom. The number of amides is 2. The molecule has 6 rings (SSSR count). The Kier molecular flexibility index (Phi) is 11.3. The van der Waals surface area contributed by atoms with Crippen molar-refractivity contribution in [3.05, 3.63) is 36.1 Å². The molecule has 1 aromatic carbocycles. The van der Waals surface area contributed by atoms with E-state index in [1.165, 1.54) is 44.9 Å². The number of hydrogen-bond acceptors (Lipinski definition) is 6. The van der Waals surface area contributed by atoms with Crippen LogP contribution >= 0.6 is 0 Å². The van der Waals surface area contributed by atoms with Crippen molar-refractivity contribution in [2.24, 2.45) is 11.8 Å². The van der Waals surface area contributed by atoms with E-state index in [4.69, 9.17) is 19.1 Å². The normalized spacial score (nSPS) is 23.4. The lowest BCUT2D eigenvalue weighted by molar-refractivity contribution is -0.192. The number of hydrogen-bond donors (Lipinski definition) is 1. The van der Waals surface area contributed by atoms with Crippen molar-refractivity contribution in [2.45, 2.75) is 108 Å². The predicted octanol–water partition coefficient (Wildman–Crippen LogP) is 7.73. The fourth-order valence-electron chi connectivity index (χ4n) is 8.26. The lowest BCUT2D eigenvalue weighted by Gasteiger charge is -2.55. The number of likely N-dealkylation sites (tertiary alicyclic amines) is 2. The van der Waals surface area contributed by atoms with Gasteiger partial charge in [-0.1, -0.05) is 45.1 Å². The summed E-state index contributed by atoms with van der Waals surface area (Å²) in [6.07, 6.45) is 10.2. The minimum atomic E-state index is -5.08. The van der Waals surface area contributed by atoms with Crippen molar-refractivity contribution in [2.75, 3.05) is 39.3 Å². The Morgan fingerprint density at radius 3 is 2.29 bits per heavy atom. The average molecular weight is 678 g/mol. The second kappa shape index (κ2) is 15.1. The number of piperidine rings is 2. The number of fused-ring (bicyclic) bond motifs is 1. The second-order valence-electron chi connectivity index (χ2n) is 14.4. The molecule has 48 heavy (non-hydrogen) atoms. The third-order valence-electron chi connectivity index (χ3n) is 11.3. The van der Waals surface area contributed by atoms with Gasteiger partial charge >= 0.3 is 18.2 Å². The van der Waals surface area contributed by atoms with Gasteiger partial charge in [-0.3, -0.25) is 9.69 Å². The highest BCUT2D eigenvalue weighted by Gasteiger charge is 2.51. The predicted molar refractivity (Wildman–Crippen MR) is 175 cm³/mol. The summed E-state index contributed by atoms with van der Waals surface area (Å²) in [6, 6.07) is 7.61. The third-order valence-corrected chi connectivity index (χ3v) is 11.3. The number of furan rings is 1. The fraction of sp³-hybridized carbons (Fsp3) is 0.694. The molecule has 4 aliphatic rings. The quantitative estimate of drug-likeness (QED) is 0.320. The lowest BCUT2D eigenvalue weighted by atomic mass is 9.74. The standard InChI is InChI=1S/C34H49N3O4.C2HF3O2/c1-3-4-11-27-25-36(24-26-9-6-5-7-10-26)32(39)41-34(27)17-21-37(22-18-34)33(2)15-19-35(20-16-33)31(38)29-12-8-13-30-28(29)14-23-40-30;3-2(4,5)1(6)7/h8,12-14,23,26-27H,3-7,9-11,15-22,24-25H2,1-2H3;(H,6,7). The maximum atomic E-state index is 13.4. The van der Waals surface area contributed by atoms with Gasteiger partial charge in [0.25, 0.3) is 5.91 Å². The van der Waals surface area contributed by atoms with Crippen molar-refractivity contribution in [1.29, 1.82) is 0 Å². The van der Waals surface area contributed by atoms with Gasteiger partial charge in [-0.05, 0) is 63.1 Å². The first-order valence-corrected chi connectivity index (χ1v) is 17.6. The molecule has 3 saturated heterocycles. The van der Waals surface area contributed by atoms with Crippen molar-refractivity contribution in [3.8, 4) is 0 Å². The van der Waals surface area contributed by atoms with E-state index < -0.39 is 12.1 Å². The number of alkyl halides is 3. The largest absolute Gasteiger partial charge is 0.490 e. The van der Waals surface area contributed by atoms with Gasteiger partial charge < -0.3 is 24.1 Å². The first-order chi connectivity index (χ1) is 22.8. The Balaban J connectivity index is 0.000000582. The molecule has 9 nitrogen and oxygen atoms in total. The summed E-state index contributed by atoms with van der Waals surface area (Å²) in [4.78, 5) is 42.4. The van der Waals surface area contributed by atoms with Gasteiger partial charge in [0.1, 0.15) is 11.2 Å². The highest BCUT2D eigenvalue weighted by Crippen LogP contribution is 2.44. The number of unbranched alkanes of at least 4 members (excludes halogenated alkanes) is 1. The van der Waals surface area contributed by atoms with Crippen LogP contribution in [-0.4, -0.2) is 94.4 Å². The number of halogens is 3. The number of carbonyl (C=O) groups excluding carboxylic acids is 2. The molecule has 1 spiro atoms. The van der Waals surface area contributed by atoms with Crippen LogP contribution in [0.3, 0.4) is 0 Å². The van der Waals surface area contributed by atoms with Crippen LogP contribution in [-0.2, 0) is 9.53 Å². The summed E-state index contributed by atoms with van der Waals surface area (Å²) < 4.78 is 43.7. The molecule has 4 fully saturated rings. The van der Waals surface area contributed by atoms with Crippen LogP contribution in [0.15, 0.2) is 34.9 Å². The van der Waals surface area contributed by atoms with E-state index in [1.807, 2.05) is 29.2 Å². The van der Waals surface area contributed by atoms with Crippen LogP contribution in [0, 0.1) is 11.8 Å². The molecule has 2 aromatic rings. The highest BCUT2D eigenvalue weighted by atomic mass is 19.4. The van der Waals surface area contributed by atoms with E-state index in [-0.39, 0.29) is 23.1 Å². The molecule has 0 radical (unpaired) electrons. The van der Waals surface area contributed by atoms with E-state index >= 15 is 0 Å². The van der Waals surface area contributed by atoms with Crippen molar-refractivity contribution < 1.29 is 41.8 Å². The number of benzene rings is 1. The van der Waals surface area contributed by atoms with Crippen molar-refractivity contribution in [3.63, 3.8) is 0 Å². The zero-order valence-electron chi connectivity index (χ0n) is 28.2. The number of carboxylic acid groups (broad SMARTS) is 1. The summed E-state index contributed by atoms with van der Waals surface area (Å²) in [5.74, 6) is -1.59. The van der Waals surface area contributed by atoms with Crippen LogP contribution in [0.2, 0.25) is 0 Å². The molecule has 1 saturated carbocycles. The van der Waals surface area contributed by atoms with Crippen molar-refractivity contribution in [1.82, 2.24) is 14.7 Å². The molecule has 1 aliphatic carbocycles. The van der Waals surface area contributed by atoms with E-state index in [0.29, 0.717) is 11.8 Å². The van der Waals surface area contributed by atoms with E-state index in [0.717, 1.165) is 87.9 Å². The third kappa shape index (κ3) is 8.12. The molecular formula is C36H50F3N3O6. The van der Waals surface area contributed by atoms with Gasteiger partial charge in [0.2, 0.25) is 0 Å². The molecular weight excluding hydrogens is 627 g/mol. The summed E-state index contributed by atoms with van der Waals surface area (Å²) >= 11 is 0. The first-order valence-electron chi connectivity index (χ1n) is 17.6. The van der Waals surface area contributed by atoms with Crippen LogP contribution in [0.5, 0.6) is 0 Å². The summed E-state index contributed by atoms with van der Waals surface area (Å²) in [5.41, 5.74) is 1.24. The summed E-state index contributed by atoms with van der Waals surface area (Å²) in [6.45, 7) is 9.81. The first kappa shape index (κ1) is 36.0. The van der Waals surface area contributed by atoms with Crippen LogP contribution < -0.4 is 0 Å². The van der Waals surface area contributed by atoms with Gasteiger partial charge in [0.15, 0.2) is 0 Å². The number of ether oxygens (including phenoxy) is 1. The topological polar surface area (TPSA) is 104 Å². The molecule has 1 N–H and O–H groups in total. The summed E-state index contributed by atoms with van der Waals surface area (Å²) in [7, 11) is 0. The maximum Gasteiger partial charge on any atom is 0.490 e. The molecule has 266 valence electrons. The number of carboxylic acids is 1. The maximum absolute atomic E-state index is 13.4. The molecule has 1 aromatic heterocycles. The molecule has 2 amide bonds. The highest BCUT2D eigenvalue weighted by molar-refractivity contribution is 6.05. The zero-order chi connectivity index (χ0) is 34.5. The minimum Gasteiger partial charge on any atom is -0.475 e. The summed E-state index contributed by atoms with van der Waals surface area (Å²) in [5, 5.41) is 8.02. The van der Waals surface area contributed by atoms with E-state index in [9.17, 15) is 22.8 Å². The van der Waals surface area contributed by atoms with Gasteiger partial charge in [0, 0.05) is 69.0 Å². The molecule has 12 heteroatoms. The number of rotatable bonds is 7. The van der Waals surface area contributed by atoms with Crippen LogP contribution in [0.4, 0.5) is 18.0 Å². The molecule has 4 heterocycles. The molecule has 0 bridgehead atoms. The Morgan fingerprint density at radius 2 is 1.67 bits per heavy atom. The molecule has 1 unspecified atom stereocenters. The zero-order valence-corrected chi connectivity index (χ0v) is 28.2. The van der Waals surface area contributed by atoms with Crippen LogP contribution in [0.25, 0.3) is 11.0 Å². The second-order valence-corrected chi connectivity index (χ2v) is 14.4. The Labute approximate surface area is 280 Å². The Bertz CT molecular complexity index is 1410. The monoisotopic (exact) mass is 677 g/mol. The van der Waals surface area contributed by atoms with Gasteiger partial charge in [-0.25, -0.2) is 9.59 Å². The molecule has 1 atom stereocenters. The number of nitrogens with zero attached hydrogens (tertiary/aromatic N) is 3.